The summed E-state index contributed by atoms with van der Waals surface area (Å²) in [6, 6.07) is 0. The van der Waals surface area contributed by atoms with Crippen molar-refractivity contribution in [2.75, 3.05) is 13.2 Å². The van der Waals surface area contributed by atoms with Crippen LogP contribution in [-0.4, -0.2) is 37.2 Å². The van der Waals surface area contributed by atoms with Crippen molar-refractivity contribution in [1.82, 2.24) is 0 Å². The highest BCUT2D eigenvalue weighted by Gasteiger charge is 2.19. The van der Waals surface area contributed by atoms with Gasteiger partial charge in [0.25, 0.3) is 0 Å². The number of rotatable bonds is 51. The molecule has 0 unspecified atom stereocenters. The van der Waals surface area contributed by atoms with Crippen molar-refractivity contribution in [3.63, 3.8) is 0 Å². The highest BCUT2D eigenvalue weighted by atomic mass is 16.6. The number of carbonyl (C=O) groups is 3. The fourth-order valence-electron chi connectivity index (χ4n) is 7.94. The second-order valence-electron chi connectivity index (χ2n) is 18.8. The van der Waals surface area contributed by atoms with Gasteiger partial charge in [-0.15, -0.1) is 0 Å². The van der Waals surface area contributed by atoms with E-state index in [1.807, 2.05) is 0 Å². The largest absolute Gasteiger partial charge is 0.462 e. The predicted molar refractivity (Wildman–Crippen MR) is 288 cm³/mol. The number of hydrogen-bond acceptors (Lipinski definition) is 6. The molecule has 0 heterocycles. The molecule has 1 atom stereocenters. The van der Waals surface area contributed by atoms with Gasteiger partial charge in [0, 0.05) is 19.3 Å². The lowest BCUT2D eigenvalue weighted by atomic mass is 10.0. The number of allylic oxidation sites excluding steroid dienone is 12. The molecule has 0 bridgehead atoms. The molecule has 0 saturated heterocycles. The minimum absolute atomic E-state index is 0.0915. The molecular formula is C61H106O6. The standard InChI is InChI=1S/C61H106O6/c1-4-7-10-13-16-19-22-25-27-29-30-32-34-37-40-43-46-49-52-55-61(64)67-58(56-65-59(62)53-50-47-44-41-38-35-24-21-18-15-12-9-6-3)57-66-60(63)54-51-48-45-42-39-36-33-31-28-26-23-20-17-14-11-8-5-2/h8,11,17,20,25-28,33,36,42,45,58H,4-7,9-10,12-16,18-19,21-24,29-32,34-35,37-41,43-44,46-57H2,1-3H3/b11-8-,20-17-,27-25-,28-26-,36-33-,45-42-/t58-/m0/s1. The number of unbranched alkanes of at least 4 members (excludes halogenated alkanes) is 28. The summed E-state index contributed by atoms with van der Waals surface area (Å²) in [7, 11) is 0. The Bertz CT molecular complexity index is 1260. The van der Waals surface area contributed by atoms with Gasteiger partial charge in [0.15, 0.2) is 6.10 Å². The molecule has 0 aromatic carbocycles. The first kappa shape index (κ1) is 63.8. The van der Waals surface area contributed by atoms with E-state index in [1.165, 1.54) is 154 Å². The lowest BCUT2D eigenvalue weighted by Crippen LogP contribution is -2.30. The van der Waals surface area contributed by atoms with Gasteiger partial charge < -0.3 is 14.2 Å². The second kappa shape index (κ2) is 55.4. The Morgan fingerprint density at radius 3 is 0.985 bits per heavy atom. The summed E-state index contributed by atoms with van der Waals surface area (Å²) in [5, 5.41) is 0. The van der Waals surface area contributed by atoms with Crippen LogP contribution in [0.2, 0.25) is 0 Å². The van der Waals surface area contributed by atoms with Crippen molar-refractivity contribution >= 4 is 17.9 Å². The van der Waals surface area contributed by atoms with E-state index in [4.69, 9.17) is 14.2 Å². The van der Waals surface area contributed by atoms with Gasteiger partial charge in [0.2, 0.25) is 0 Å². The SMILES string of the molecule is CC/C=C\C/C=C\C/C=C\C/C=C\C/C=C\CCCC(=O)OC[C@H](COC(=O)CCCCCCCCCCCCCCC)OC(=O)CCCCCCCCCCC/C=C\CCCCCCCC. The molecule has 386 valence electrons. The van der Waals surface area contributed by atoms with Crippen LogP contribution < -0.4 is 0 Å². The van der Waals surface area contributed by atoms with Gasteiger partial charge in [-0.05, 0) is 83.5 Å². The third-order valence-corrected chi connectivity index (χ3v) is 12.2. The van der Waals surface area contributed by atoms with Crippen LogP contribution in [0.25, 0.3) is 0 Å². The summed E-state index contributed by atoms with van der Waals surface area (Å²) in [4.78, 5) is 38.1. The number of ether oxygens (including phenoxy) is 3. The first-order valence-electron chi connectivity index (χ1n) is 28.4. The van der Waals surface area contributed by atoms with Crippen LogP contribution in [0.4, 0.5) is 0 Å². The summed E-state index contributed by atoms with van der Waals surface area (Å²) < 4.78 is 16.8. The molecule has 0 rings (SSSR count). The van der Waals surface area contributed by atoms with Gasteiger partial charge in [-0.2, -0.15) is 0 Å². The van der Waals surface area contributed by atoms with Crippen molar-refractivity contribution in [1.29, 1.82) is 0 Å². The summed E-state index contributed by atoms with van der Waals surface area (Å²) >= 11 is 0. The Balaban J connectivity index is 4.43. The van der Waals surface area contributed by atoms with E-state index < -0.39 is 6.10 Å². The zero-order valence-electron chi connectivity index (χ0n) is 44.2. The van der Waals surface area contributed by atoms with Gasteiger partial charge in [0.1, 0.15) is 13.2 Å². The fourth-order valence-corrected chi connectivity index (χ4v) is 7.94. The van der Waals surface area contributed by atoms with E-state index in [1.54, 1.807) is 0 Å². The van der Waals surface area contributed by atoms with Crippen LogP contribution in [0.5, 0.6) is 0 Å². The summed E-state index contributed by atoms with van der Waals surface area (Å²) in [6.45, 7) is 6.49. The molecule has 0 aromatic heterocycles. The van der Waals surface area contributed by atoms with Crippen LogP contribution in [0, 0.1) is 0 Å². The Labute approximate surface area is 414 Å². The predicted octanol–water partition coefficient (Wildman–Crippen LogP) is 19.0. The highest BCUT2D eigenvalue weighted by molar-refractivity contribution is 5.71. The summed E-state index contributed by atoms with van der Waals surface area (Å²) in [5.74, 6) is -0.946. The maximum atomic E-state index is 12.9. The first-order valence-corrected chi connectivity index (χ1v) is 28.4. The topological polar surface area (TPSA) is 78.9 Å². The molecule has 6 nitrogen and oxygen atoms in total. The van der Waals surface area contributed by atoms with Gasteiger partial charge in [-0.3, -0.25) is 14.4 Å². The van der Waals surface area contributed by atoms with Crippen LogP contribution in [0.1, 0.15) is 278 Å². The van der Waals surface area contributed by atoms with Gasteiger partial charge in [-0.1, -0.05) is 248 Å². The third kappa shape index (κ3) is 53.7. The summed E-state index contributed by atoms with van der Waals surface area (Å²) in [5.41, 5.74) is 0. The normalized spacial score (nSPS) is 12.6. The van der Waals surface area contributed by atoms with Crippen molar-refractivity contribution in [2.24, 2.45) is 0 Å². The molecule has 0 fully saturated rings. The Morgan fingerprint density at radius 2 is 0.597 bits per heavy atom. The maximum absolute atomic E-state index is 12.9. The van der Waals surface area contributed by atoms with Crippen LogP contribution in [-0.2, 0) is 28.6 Å². The van der Waals surface area contributed by atoms with E-state index in [2.05, 4.69) is 93.7 Å². The van der Waals surface area contributed by atoms with Crippen LogP contribution in [0.15, 0.2) is 72.9 Å². The quantitative estimate of drug-likeness (QED) is 0.0262. The average Bonchev–Trinajstić information content (AvgIpc) is 3.33. The Morgan fingerprint density at radius 1 is 0.313 bits per heavy atom. The van der Waals surface area contributed by atoms with Crippen molar-refractivity contribution in [3.8, 4) is 0 Å². The van der Waals surface area contributed by atoms with Gasteiger partial charge >= 0.3 is 17.9 Å². The molecule has 0 aromatic rings. The number of esters is 3. The van der Waals surface area contributed by atoms with Crippen LogP contribution >= 0.6 is 0 Å². The van der Waals surface area contributed by atoms with Crippen molar-refractivity contribution in [2.45, 2.75) is 284 Å². The molecular weight excluding hydrogens is 829 g/mol. The molecule has 6 heteroatoms. The molecule has 0 aliphatic carbocycles. The smallest absolute Gasteiger partial charge is 0.306 e. The molecule has 67 heavy (non-hydrogen) atoms. The van der Waals surface area contributed by atoms with Gasteiger partial charge in [-0.25, -0.2) is 0 Å². The molecule has 0 amide bonds. The number of carbonyl (C=O) groups excluding carboxylic acids is 3. The van der Waals surface area contributed by atoms with Crippen molar-refractivity contribution < 1.29 is 28.6 Å². The zero-order chi connectivity index (χ0) is 48.6. The second-order valence-corrected chi connectivity index (χ2v) is 18.8. The Kier molecular flexibility index (Phi) is 52.8. The minimum Gasteiger partial charge on any atom is -0.462 e. The first-order chi connectivity index (χ1) is 33.0. The lowest BCUT2D eigenvalue weighted by Gasteiger charge is -2.18. The number of hydrogen-bond donors (Lipinski definition) is 0. The minimum atomic E-state index is -0.797. The van der Waals surface area contributed by atoms with E-state index in [0.717, 1.165) is 77.0 Å². The molecule has 0 N–H and O–H groups in total. The van der Waals surface area contributed by atoms with E-state index in [-0.39, 0.29) is 37.5 Å². The molecule has 0 aliphatic heterocycles. The molecule has 0 saturated carbocycles. The average molecular weight is 936 g/mol. The zero-order valence-corrected chi connectivity index (χ0v) is 44.2. The lowest BCUT2D eigenvalue weighted by molar-refractivity contribution is -0.167. The van der Waals surface area contributed by atoms with E-state index in [9.17, 15) is 14.4 Å². The molecule has 0 radical (unpaired) electrons. The molecule has 0 spiro atoms. The van der Waals surface area contributed by atoms with Crippen molar-refractivity contribution in [3.05, 3.63) is 72.9 Å². The highest BCUT2D eigenvalue weighted by Crippen LogP contribution is 2.16. The summed E-state index contributed by atoms with van der Waals surface area (Å²) in [6.07, 6.45) is 70.4. The maximum Gasteiger partial charge on any atom is 0.306 e. The fraction of sp³-hybridized carbons (Fsp3) is 0.754. The molecule has 0 aliphatic rings. The van der Waals surface area contributed by atoms with Gasteiger partial charge in [0.05, 0.1) is 0 Å². The monoisotopic (exact) mass is 935 g/mol. The van der Waals surface area contributed by atoms with Crippen LogP contribution in [0.3, 0.4) is 0 Å². The Hall–Kier alpha value is -3.15. The van der Waals surface area contributed by atoms with E-state index >= 15 is 0 Å². The van der Waals surface area contributed by atoms with E-state index in [0.29, 0.717) is 19.3 Å². The third-order valence-electron chi connectivity index (χ3n) is 12.2.